The van der Waals surface area contributed by atoms with E-state index in [2.05, 4.69) is 130 Å². The topological polar surface area (TPSA) is 78.9 Å². The minimum absolute atomic E-state index is 0.0859. The summed E-state index contributed by atoms with van der Waals surface area (Å²) in [6.45, 7) is 6.45. The molecule has 0 amide bonds. The number of unbranched alkanes of at least 4 members (excludes halogenated alkanes) is 30. The summed E-state index contributed by atoms with van der Waals surface area (Å²) in [7, 11) is 0. The van der Waals surface area contributed by atoms with E-state index in [1.807, 2.05) is 0 Å². The zero-order valence-corrected chi connectivity index (χ0v) is 51.2. The summed E-state index contributed by atoms with van der Waals surface area (Å²) in [4.78, 5) is 38.3. The molecule has 0 spiro atoms. The summed E-state index contributed by atoms with van der Waals surface area (Å²) in [6, 6.07) is 0. The van der Waals surface area contributed by atoms with Crippen LogP contribution in [0.2, 0.25) is 0 Å². The zero-order valence-electron chi connectivity index (χ0n) is 51.2. The van der Waals surface area contributed by atoms with E-state index in [9.17, 15) is 14.4 Å². The molecule has 0 saturated carbocycles. The molecule has 446 valence electrons. The van der Waals surface area contributed by atoms with E-state index in [1.165, 1.54) is 135 Å². The second kappa shape index (κ2) is 65.6. The molecule has 0 aromatic rings. The van der Waals surface area contributed by atoms with Gasteiger partial charge in [-0.05, 0) is 122 Å². The first-order chi connectivity index (χ1) is 38.5. The Hall–Kier alpha value is -3.93. The van der Waals surface area contributed by atoms with Crippen LogP contribution in [-0.4, -0.2) is 37.2 Å². The smallest absolute Gasteiger partial charge is 0.306 e. The molecule has 6 heteroatoms. The largest absolute Gasteiger partial charge is 0.462 e. The third-order valence-corrected chi connectivity index (χ3v) is 14.0. The summed E-state index contributed by atoms with van der Waals surface area (Å²) < 4.78 is 16.9. The van der Waals surface area contributed by atoms with E-state index in [4.69, 9.17) is 14.2 Å². The Morgan fingerprint density at radius 2 is 0.526 bits per heavy atom. The number of allylic oxidation sites excluding steroid dienone is 18. The molecular weight excluding hydrogens is 961 g/mol. The third kappa shape index (κ3) is 62.9. The quantitative estimate of drug-likeness (QED) is 0.0261. The van der Waals surface area contributed by atoms with Gasteiger partial charge < -0.3 is 14.2 Å². The molecule has 0 bridgehead atoms. The van der Waals surface area contributed by atoms with Crippen molar-refractivity contribution >= 4 is 17.9 Å². The van der Waals surface area contributed by atoms with Gasteiger partial charge in [-0.2, -0.15) is 0 Å². The summed E-state index contributed by atoms with van der Waals surface area (Å²) in [6.07, 6.45) is 89.6. The highest BCUT2D eigenvalue weighted by Crippen LogP contribution is 2.16. The van der Waals surface area contributed by atoms with Gasteiger partial charge in [0.1, 0.15) is 13.2 Å². The Kier molecular flexibility index (Phi) is 62.3. The molecule has 6 nitrogen and oxygen atoms in total. The lowest BCUT2D eigenvalue weighted by Crippen LogP contribution is -2.30. The molecule has 0 aromatic carbocycles. The summed E-state index contributed by atoms with van der Waals surface area (Å²) in [5.74, 6) is -0.901. The highest BCUT2D eigenvalue weighted by atomic mass is 16.6. The van der Waals surface area contributed by atoms with Gasteiger partial charge in [0.15, 0.2) is 6.10 Å². The average Bonchev–Trinajstić information content (AvgIpc) is 3.44. The second-order valence-corrected chi connectivity index (χ2v) is 21.6. The standard InChI is InChI=1S/C72H122O6/c1-4-7-10-13-16-19-22-25-27-29-31-32-33-34-35-36-37-38-39-40-41-43-44-47-50-53-56-59-62-65-71(74)77-68-69(67-76-70(73)64-61-58-55-52-49-46-24-21-18-15-12-9-6-3)78-72(75)66-63-60-57-54-51-48-45-42-30-28-26-23-20-17-14-11-8-5-2/h7,10,12,15-16,19-21,23-25,27-28,30-32,34-35,69H,4-6,8-9,11,13-14,17-18,22,26,29,33,36-68H2,1-3H3/b10-7-,15-12-,19-16-,23-20-,24-21-,27-25-,30-28-,32-31-,35-34-. The minimum atomic E-state index is -0.790. The molecule has 0 aliphatic carbocycles. The van der Waals surface area contributed by atoms with Gasteiger partial charge in [0.25, 0.3) is 0 Å². The van der Waals surface area contributed by atoms with Crippen molar-refractivity contribution in [1.82, 2.24) is 0 Å². The van der Waals surface area contributed by atoms with Crippen molar-refractivity contribution in [1.29, 1.82) is 0 Å². The fourth-order valence-corrected chi connectivity index (χ4v) is 9.07. The van der Waals surface area contributed by atoms with Crippen LogP contribution < -0.4 is 0 Å². The molecule has 0 fully saturated rings. The van der Waals surface area contributed by atoms with E-state index in [0.29, 0.717) is 19.3 Å². The van der Waals surface area contributed by atoms with Crippen molar-refractivity contribution in [2.45, 2.75) is 316 Å². The molecule has 0 aliphatic heterocycles. The number of carbonyl (C=O) groups excluding carboxylic acids is 3. The van der Waals surface area contributed by atoms with Crippen LogP contribution >= 0.6 is 0 Å². The maximum Gasteiger partial charge on any atom is 0.306 e. The Bertz CT molecular complexity index is 1570. The third-order valence-electron chi connectivity index (χ3n) is 14.0. The molecule has 1 unspecified atom stereocenters. The molecular formula is C72H122O6. The van der Waals surface area contributed by atoms with Crippen LogP contribution in [-0.2, 0) is 28.6 Å². The van der Waals surface area contributed by atoms with Gasteiger partial charge in [-0.15, -0.1) is 0 Å². The zero-order chi connectivity index (χ0) is 56.4. The molecule has 1 atom stereocenters. The first-order valence-electron chi connectivity index (χ1n) is 32.9. The van der Waals surface area contributed by atoms with Gasteiger partial charge in [0, 0.05) is 19.3 Å². The van der Waals surface area contributed by atoms with Crippen LogP contribution in [0.25, 0.3) is 0 Å². The van der Waals surface area contributed by atoms with Crippen LogP contribution in [0, 0.1) is 0 Å². The second-order valence-electron chi connectivity index (χ2n) is 21.6. The van der Waals surface area contributed by atoms with Gasteiger partial charge in [-0.3, -0.25) is 14.4 Å². The van der Waals surface area contributed by atoms with Gasteiger partial charge in [-0.25, -0.2) is 0 Å². The summed E-state index contributed by atoms with van der Waals surface area (Å²) >= 11 is 0. The van der Waals surface area contributed by atoms with Crippen molar-refractivity contribution in [3.8, 4) is 0 Å². The average molecular weight is 1080 g/mol. The van der Waals surface area contributed by atoms with Gasteiger partial charge in [0.05, 0.1) is 0 Å². The van der Waals surface area contributed by atoms with Crippen molar-refractivity contribution in [2.24, 2.45) is 0 Å². The Morgan fingerprint density at radius 1 is 0.269 bits per heavy atom. The highest BCUT2D eigenvalue weighted by Gasteiger charge is 2.19. The van der Waals surface area contributed by atoms with Gasteiger partial charge >= 0.3 is 17.9 Å². The number of ether oxygens (including phenoxy) is 3. The van der Waals surface area contributed by atoms with E-state index < -0.39 is 6.10 Å². The number of carbonyl (C=O) groups is 3. The fourth-order valence-electron chi connectivity index (χ4n) is 9.07. The normalized spacial score (nSPS) is 12.8. The fraction of sp³-hybridized carbons (Fsp3) is 0.708. The minimum Gasteiger partial charge on any atom is -0.462 e. The lowest BCUT2D eigenvalue weighted by molar-refractivity contribution is -0.167. The van der Waals surface area contributed by atoms with Crippen LogP contribution in [0.3, 0.4) is 0 Å². The maximum absolute atomic E-state index is 12.9. The molecule has 0 aromatic heterocycles. The van der Waals surface area contributed by atoms with Crippen molar-refractivity contribution in [3.63, 3.8) is 0 Å². The van der Waals surface area contributed by atoms with Crippen molar-refractivity contribution < 1.29 is 28.6 Å². The molecule has 0 saturated heterocycles. The molecule has 0 N–H and O–H groups in total. The first-order valence-corrected chi connectivity index (χ1v) is 32.9. The van der Waals surface area contributed by atoms with Gasteiger partial charge in [-0.1, -0.05) is 278 Å². The molecule has 78 heavy (non-hydrogen) atoms. The van der Waals surface area contributed by atoms with Crippen LogP contribution in [0.15, 0.2) is 109 Å². The Balaban J connectivity index is 4.28. The van der Waals surface area contributed by atoms with E-state index in [1.54, 1.807) is 0 Å². The molecule has 0 radical (unpaired) electrons. The first kappa shape index (κ1) is 74.1. The number of rotatable bonds is 59. The van der Waals surface area contributed by atoms with Crippen LogP contribution in [0.5, 0.6) is 0 Å². The summed E-state index contributed by atoms with van der Waals surface area (Å²) in [5, 5.41) is 0. The van der Waals surface area contributed by atoms with E-state index in [0.717, 1.165) is 135 Å². The van der Waals surface area contributed by atoms with Gasteiger partial charge in [0.2, 0.25) is 0 Å². The highest BCUT2D eigenvalue weighted by molar-refractivity contribution is 5.71. The van der Waals surface area contributed by atoms with Crippen LogP contribution in [0.4, 0.5) is 0 Å². The number of esters is 3. The maximum atomic E-state index is 12.9. The van der Waals surface area contributed by atoms with E-state index >= 15 is 0 Å². The van der Waals surface area contributed by atoms with Crippen molar-refractivity contribution in [3.05, 3.63) is 109 Å². The number of hydrogen-bond acceptors (Lipinski definition) is 6. The molecule has 0 rings (SSSR count). The lowest BCUT2D eigenvalue weighted by atomic mass is 10.0. The predicted octanol–water partition coefficient (Wildman–Crippen LogP) is 22.6. The lowest BCUT2D eigenvalue weighted by Gasteiger charge is -2.18. The Labute approximate surface area is 482 Å². The number of hydrogen-bond donors (Lipinski definition) is 0. The molecule has 0 aliphatic rings. The van der Waals surface area contributed by atoms with E-state index in [-0.39, 0.29) is 31.1 Å². The molecule has 0 heterocycles. The van der Waals surface area contributed by atoms with Crippen LogP contribution in [0.1, 0.15) is 310 Å². The predicted molar refractivity (Wildman–Crippen MR) is 339 cm³/mol. The SMILES string of the molecule is CC/C=C\C/C=C\C/C=C\C/C=C\C/C=C\CCCCCCCCCCCCCCCC(=O)OCC(COC(=O)CCCCCCC/C=C\C/C=C\CCC)OC(=O)CCCCCCCCC/C=C\C/C=C\CCCCCC. The monoisotopic (exact) mass is 1080 g/mol. The van der Waals surface area contributed by atoms with Crippen molar-refractivity contribution in [2.75, 3.05) is 13.2 Å². The Morgan fingerprint density at radius 3 is 0.833 bits per heavy atom. The summed E-state index contributed by atoms with van der Waals surface area (Å²) in [5.41, 5.74) is 0.